The maximum Gasteiger partial charge on any atom is 0.260 e. The van der Waals surface area contributed by atoms with Gasteiger partial charge >= 0.3 is 0 Å². The number of aromatic nitrogens is 2. The minimum Gasteiger partial charge on any atom is -0.339 e. The van der Waals surface area contributed by atoms with Gasteiger partial charge in [-0.1, -0.05) is 13.3 Å². The minimum atomic E-state index is -3.74. The lowest BCUT2D eigenvalue weighted by molar-refractivity contribution is 0.259. The Hall–Kier alpha value is -1.39. The molecular formula is C13H20N4O2S. The Labute approximate surface area is 119 Å². The highest BCUT2D eigenvalue weighted by atomic mass is 32.2. The number of sulfonamides is 1. The highest BCUT2D eigenvalue weighted by molar-refractivity contribution is 7.89. The largest absolute Gasteiger partial charge is 0.339 e. The molecule has 1 heterocycles. The molecule has 110 valence electrons. The van der Waals surface area contributed by atoms with Crippen molar-refractivity contribution in [1.29, 1.82) is 5.26 Å². The van der Waals surface area contributed by atoms with Crippen LogP contribution in [0.3, 0.4) is 0 Å². The smallest absolute Gasteiger partial charge is 0.260 e. The van der Waals surface area contributed by atoms with Crippen molar-refractivity contribution in [1.82, 2.24) is 14.3 Å². The number of hydrogen-bond donors (Lipinski definition) is 1. The third kappa shape index (κ3) is 3.02. The maximum atomic E-state index is 12.3. The third-order valence-corrected chi connectivity index (χ3v) is 5.46. The molecule has 1 aliphatic rings. The first-order valence-electron chi connectivity index (χ1n) is 6.84. The monoisotopic (exact) mass is 296 g/mol. The van der Waals surface area contributed by atoms with E-state index in [0.29, 0.717) is 18.8 Å². The van der Waals surface area contributed by atoms with Crippen LogP contribution in [0.15, 0.2) is 17.6 Å². The van der Waals surface area contributed by atoms with E-state index in [-0.39, 0.29) is 5.03 Å². The molecule has 1 saturated carbocycles. The van der Waals surface area contributed by atoms with Gasteiger partial charge in [0.1, 0.15) is 5.54 Å². The summed E-state index contributed by atoms with van der Waals surface area (Å²) < 4.78 is 28.7. The van der Waals surface area contributed by atoms with Crippen LogP contribution < -0.4 is 4.72 Å². The molecule has 2 rings (SSSR count). The predicted octanol–water partition coefficient (Wildman–Crippen LogP) is 1.56. The Bertz CT molecular complexity index is 607. The molecule has 0 unspecified atom stereocenters. The van der Waals surface area contributed by atoms with E-state index < -0.39 is 15.6 Å². The second-order valence-electron chi connectivity index (χ2n) is 5.53. The Kier molecular flexibility index (Phi) is 4.16. The van der Waals surface area contributed by atoms with Gasteiger partial charge in [0.05, 0.1) is 12.4 Å². The number of nitrogens with zero attached hydrogens (tertiary/aromatic N) is 3. The van der Waals surface area contributed by atoms with Crippen molar-refractivity contribution in [3.63, 3.8) is 0 Å². The molecule has 0 atom stereocenters. The van der Waals surface area contributed by atoms with Gasteiger partial charge < -0.3 is 4.57 Å². The Morgan fingerprint density at radius 3 is 2.65 bits per heavy atom. The summed E-state index contributed by atoms with van der Waals surface area (Å²) in [6.45, 7) is 2.13. The van der Waals surface area contributed by atoms with Crippen molar-refractivity contribution in [2.45, 2.75) is 49.6 Å². The molecule has 20 heavy (non-hydrogen) atoms. The highest BCUT2D eigenvalue weighted by Gasteiger charge is 2.39. The van der Waals surface area contributed by atoms with Gasteiger partial charge in [-0.2, -0.15) is 9.98 Å². The molecule has 0 aliphatic heterocycles. The van der Waals surface area contributed by atoms with Crippen LogP contribution >= 0.6 is 0 Å². The number of rotatable bonds is 4. The van der Waals surface area contributed by atoms with Crippen LogP contribution in [0.1, 0.15) is 39.0 Å². The van der Waals surface area contributed by atoms with Crippen molar-refractivity contribution in [2.75, 3.05) is 0 Å². The van der Waals surface area contributed by atoms with Gasteiger partial charge in [-0.15, -0.1) is 0 Å². The molecule has 6 nitrogen and oxygen atoms in total. The number of hydrogen-bond acceptors (Lipinski definition) is 4. The zero-order valence-corrected chi connectivity index (χ0v) is 12.7. The van der Waals surface area contributed by atoms with Gasteiger partial charge in [0.15, 0.2) is 5.03 Å². The predicted molar refractivity (Wildman–Crippen MR) is 74.1 cm³/mol. The van der Waals surface area contributed by atoms with Crippen molar-refractivity contribution < 1.29 is 8.42 Å². The van der Waals surface area contributed by atoms with Crippen molar-refractivity contribution >= 4 is 10.0 Å². The molecule has 1 N–H and O–H groups in total. The summed E-state index contributed by atoms with van der Waals surface area (Å²) in [5.74, 6) is 0.593. The lowest BCUT2D eigenvalue weighted by atomic mass is 9.77. The molecule has 1 aromatic heterocycles. The first-order valence-corrected chi connectivity index (χ1v) is 8.32. The molecule has 1 aromatic rings. The highest BCUT2D eigenvalue weighted by Crippen LogP contribution is 2.34. The average molecular weight is 296 g/mol. The van der Waals surface area contributed by atoms with Gasteiger partial charge in [-0.25, -0.2) is 13.4 Å². The van der Waals surface area contributed by atoms with E-state index in [2.05, 4.69) is 22.7 Å². The number of imidazole rings is 1. The molecule has 0 radical (unpaired) electrons. The molecule has 0 saturated heterocycles. The fourth-order valence-corrected chi connectivity index (χ4v) is 4.01. The molecule has 7 heteroatoms. The van der Waals surface area contributed by atoms with Gasteiger partial charge in [-0.05, 0) is 31.6 Å². The number of aryl methyl sites for hydroxylation is 1. The Morgan fingerprint density at radius 1 is 1.55 bits per heavy atom. The van der Waals surface area contributed by atoms with Gasteiger partial charge in [-0.3, -0.25) is 0 Å². The maximum absolute atomic E-state index is 12.3. The van der Waals surface area contributed by atoms with Crippen LogP contribution in [-0.2, 0) is 17.1 Å². The Morgan fingerprint density at radius 2 is 2.20 bits per heavy atom. The van der Waals surface area contributed by atoms with E-state index in [1.165, 1.54) is 12.5 Å². The third-order valence-electron chi connectivity index (χ3n) is 4.04. The normalized spacial score (nSPS) is 27.1. The van der Waals surface area contributed by atoms with Crippen LogP contribution in [0.4, 0.5) is 0 Å². The standard InChI is InChI=1S/C13H20N4O2S/c1-3-11-4-6-13(9-14,7-5-11)16-20(18,19)12-8-17(2)10-15-12/h8,10-11,16H,3-7H2,1-2H3. The second-order valence-corrected chi connectivity index (χ2v) is 7.16. The summed E-state index contributed by atoms with van der Waals surface area (Å²) in [7, 11) is -2.03. The van der Waals surface area contributed by atoms with E-state index in [1.54, 1.807) is 11.6 Å². The lowest BCUT2D eigenvalue weighted by Gasteiger charge is -2.34. The van der Waals surface area contributed by atoms with E-state index in [9.17, 15) is 13.7 Å². The van der Waals surface area contributed by atoms with E-state index in [1.807, 2.05) is 0 Å². The molecule has 0 spiro atoms. The summed E-state index contributed by atoms with van der Waals surface area (Å²) in [6, 6.07) is 2.17. The van der Waals surface area contributed by atoms with Crippen LogP contribution in [0.25, 0.3) is 0 Å². The van der Waals surface area contributed by atoms with Crippen molar-refractivity contribution in [2.24, 2.45) is 13.0 Å². The lowest BCUT2D eigenvalue weighted by Crippen LogP contribution is -2.49. The first-order chi connectivity index (χ1) is 9.41. The summed E-state index contributed by atoms with van der Waals surface area (Å²) in [4.78, 5) is 3.85. The fraction of sp³-hybridized carbons (Fsp3) is 0.692. The van der Waals surface area contributed by atoms with Crippen LogP contribution in [-0.4, -0.2) is 23.5 Å². The molecule has 1 fully saturated rings. The molecule has 1 aliphatic carbocycles. The van der Waals surface area contributed by atoms with Crippen LogP contribution in [0, 0.1) is 17.2 Å². The van der Waals surface area contributed by atoms with E-state index in [0.717, 1.165) is 19.3 Å². The molecular weight excluding hydrogens is 276 g/mol. The summed E-state index contributed by atoms with van der Waals surface area (Å²) >= 11 is 0. The van der Waals surface area contributed by atoms with E-state index >= 15 is 0 Å². The number of nitrogens with one attached hydrogen (secondary N) is 1. The number of nitriles is 1. The van der Waals surface area contributed by atoms with Crippen molar-refractivity contribution in [3.8, 4) is 6.07 Å². The van der Waals surface area contributed by atoms with Crippen LogP contribution in [0.5, 0.6) is 0 Å². The van der Waals surface area contributed by atoms with Crippen molar-refractivity contribution in [3.05, 3.63) is 12.5 Å². The zero-order chi connectivity index (χ0) is 14.8. The quantitative estimate of drug-likeness (QED) is 0.913. The summed E-state index contributed by atoms with van der Waals surface area (Å²) in [5, 5.41) is 9.38. The molecule has 0 aromatic carbocycles. The zero-order valence-electron chi connectivity index (χ0n) is 11.8. The van der Waals surface area contributed by atoms with Crippen LogP contribution in [0.2, 0.25) is 0 Å². The van der Waals surface area contributed by atoms with Gasteiger partial charge in [0, 0.05) is 13.2 Å². The summed E-state index contributed by atoms with van der Waals surface area (Å²) in [6.07, 6.45) is 6.84. The molecule has 0 amide bonds. The Balaban J connectivity index is 2.17. The SMILES string of the molecule is CCC1CCC(C#N)(NS(=O)(=O)c2cn(C)cn2)CC1. The fourth-order valence-electron chi connectivity index (χ4n) is 2.65. The molecule has 0 bridgehead atoms. The van der Waals surface area contributed by atoms with Gasteiger partial charge in [0.25, 0.3) is 10.0 Å². The second kappa shape index (κ2) is 5.54. The van der Waals surface area contributed by atoms with Gasteiger partial charge in [0.2, 0.25) is 0 Å². The van der Waals surface area contributed by atoms with E-state index in [4.69, 9.17) is 0 Å². The average Bonchev–Trinajstić information content (AvgIpc) is 2.87. The minimum absolute atomic E-state index is 0.0350. The topological polar surface area (TPSA) is 87.8 Å². The first kappa shape index (κ1) is 15.0. The summed E-state index contributed by atoms with van der Waals surface area (Å²) in [5.41, 5.74) is -0.984.